The normalized spacial score (nSPS) is 13.1. The molecule has 16 heterocycles. The lowest BCUT2D eigenvalue weighted by atomic mass is 9.98. The molecular weight excluding hydrogens is 1830 g/mol. The lowest BCUT2D eigenvalue weighted by molar-refractivity contribution is 0.485. The first-order valence-corrected chi connectivity index (χ1v) is 54.4. The van der Waals surface area contributed by atoms with E-state index in [9.17, 15) is 0 Å². The maximum Gasteiger partial charge on any atom is 0.145 e. The first-order chi connectivity index (χ1) is 73.5. The number of rotatable bonds is 20. The number of aromatic nitrogens is 16. The highest BCUT2D eigenvalue weighted by atomic mass is 15.1. The molecule has 16 nitrogen and oxygen atoms in total. The minimum atomic E-state index is 0.479. The van der Waals surface area contributed by atoms with Crippen molar-refractivity contribution in [3.8, 4) is 11.4 Å². The topological polar surface area (TPSA) is 143 Å². The molecule has 0 saturated carbocycles. The molecule has 0 bridgehead atoms. The van der Waals surface area contributed by atoms with Crippen molar-refractivity contribution in [2.24, 2.45) is 11.8 Å². The average Bonchev–Trinajstić information content (AvgIpc) is 1.61. The zero-order valence-electron chi connectivity index (χ0n) is 89.8. The maximum absolute atomic E-state index is 4.63. The first-order valence-electron chi connectivity index (χ1n) is 54.4. The number of pyridine rings is 8. The minimum absolute atomic E-state index is 0.479. The van der Waals surface area contributed by atoms with Gasteiger partial charge in [-0.15, -0.1) is 0 Å². The third-order valence-electron chi connectivity index (χ3n) is 31.1. The lowest BCUT2D eigenvalue weighted by Gasteiger charge is -2.14. The molecule has 26 rings (SSSR count). The van der Waals surface area contributed by atoms with Crippen molar-refractivity contribution in [1.82, 2.24) is 76.4 Å². The van der Waals surface area contributed by atoms with Crippen LogP contribution in [0.2, 0.25) is 0 Å². The van der Waals surface area contributed by atoms with Gasteiger partial charge in [-0.3, -0.25) is 34.5 Å². The van der Waals surface area contributed by atoms with E-state index < -0.39 is 0 Å². The summed E-state index contributed by atoms with van der Waals surface area (Å²) in [7, 11) is 0. The lowest BCUT2D eigenvalue weighted by Crippen LogP contribution is -2.06. The average molecular weight is 1970 g/mol. The van der Waals surface area contributed by atoms with Crippen LogP contribution in [0, 0.1) is 11.8 Å². The number of para-hydroxylation sites is 8. The van der Waals surface area contributed by atoms with Gasteiger partial charge in [0, 0.05) is 185 Å². The van der Waals surface area contributed by atoms with Crippen LogP contribution in [0.4, 0.5) is 0 Å². The van der Waals surface area contributed by atoms with Crippen LogP contribution >= 0.6 is 0 Å². The highest BCUT2D eigenvalue weighted by Gasteiger charge is 2.23. The van der Waals surface area contributed by atoms with Crippen molar-refractivity contribution >= 4 is 175 Å². The Bertz CT molecular complexity index is 7900. The smallest absolute Gasteiger partial charge is 0.145 e. The maximum atomic E-state index is 4.63. The van der Waals surface area contributed by atoms with Crippen LogP contribution in [-0.4, -0.2) is 76.4 Å². The summed E-state index contributed by atoms with van der Waals surface area (Å²) in [5.41, 5.74) is 28.3. The van der Waals surface area contributed by atoms with Crippen LogP contribution in [-0.2, 0) is 13.1 Å². The number of benzene rings is 10. The molecule has 756 valence electrons. The van der Waals surface area contributed by atoms with E-state index in [1.165, 1.54) is 184 Å². The molecule has 150 heavy (non-hydrogen) atoms. The van der Waals surface area contributed by atoms with E-state index in [0.717, 1.165) is 78.6 Å². The van der Waals surface area contributed by atoms with Gasteiger partial charge in [-0.1, -0.05) is 266 Å². The molecule has 0 aliphatic heterocycles. The van der Waals surface area contributed by atoms with Crippen molar-refractivity contribution in [1.29, 1.82) is 0 Å². The number of nitrogens with zero attached hydrogens (tertiary/aromatic N) is 16. The number of hydrogen-bond donors (Lipinski definition) is 0. The quantitative estimate of drug-likeness (QED) is 0.0734. The van der Waals surface area contributed by atoms with Crippen LogP contribution in [0.25, 0.3) is 186 Å². The summed E-state index contributed by atoms with van der Waals surface area (Å²) >= 11 is 0. The fraction of sp³-hybridized carbons (Fsp3) is 0.254. The molecule has 0 saturated heterocycles. The van der Waals surface area contributed by atoms with E-state index in [1.54, 1.807) is 0 Å². The summed E-state index contributed by atoms with van der Waals surface area (Å²) in [6.07, 6.45) is 30.1. The molecule has 16 heteroatoms. The Morgan fingerprint density at radius 3 is 0.947 bits per heavy atom. The van der Waals surface area contributed by atoms with E-state index in [2.05, 4.69) is 478 Å². The molecule has 0 radical (unpaired) electrons. The third-order valence-corrected chi connectivity index (χ3v) is 31.1. The van der Waals surface area contributed by atoms with Crippen LogP contribution < -0.4 is 0 Å². The second-order valence-electron chi connectivity index (χ2n) is 40.4. The van der Waals surface area contributed by atoms with Crippen LogP contribution in [0.15, 0.2) is 390 Å². The van der Waals surface area contributed by atoms with Gasteiger partial charge >= 0.3 is 0 Å². The van der Waals surface area contributed by atoms with E-state index in [1.807, 2.05) is 98.5 Å². The van der Waals surface area contributed by atoms with Crippen molar-refractivity contribution < 1.29 is 0 Å². The van der Waals surface area contributed by atoms with E-state index in [-0.39, 0.29) is 0 Å². The monoisotopic (exact) mass is 1970 g/mol. The van der Waals surface area contributed by atoms with Crippen molar-refractivity contribution in [3.05, 3.63) is 401 Å². The predicted molar refractivity (Wildman–Crippen MR) is 637 cm³/mol. The van der Waals surface area contributed by atoms with Crippen LogP contribution in [0.3, 0.4) is 0 Å². The third kappa shape index (κ3) is 20.5. The summed E-state index contributed by atoms with van der Waals surface area (Å²) in [6, 6.07) is 115. The van der Waals surface area contributed by atoms with Crippen molar-refractivity contribution in [2.45, 2.75) is 211 Å². The minimum Gasteiger partial charge on any atom is -0.339 e. The first kappa shape index (κ1) is 102. The molecule has 8 atom stereocenters. The van der Waals surface area contributed by atoms with Crippen LogP contribution in [0.1, 0.15) is 209 Å². The summed E-state index contributed by atoms with van der Waals surface area (Å²) in [5, 5.41) is 16.5. The number of fused-ring (bicyclic) bond motifs is 24. The standard InChI is InChI=1S/2C21H20N2.2C16H18N2.4C15H16N2/c1-3-15(2)16-10-12-17(13-11-16)23-20-9-5-4-7-18(20)19-8-6-14-22-21(19)23;1-3-15(2)16-8-10-17(11-9-16)23-20-7-5-4-6-18(20)19-12-13-22-14-21(19)23;2*1-3-12(2)11-18-14-8-5-4-7-13(14)16-15(18)9-6-10-17-16;1-3-11(2)17-14-9-5-4-7-12(14)13-8-6-10-16-15(13)17;1-3-11(2)17-13-8-5-4-7-12(13)15-14(17)9-6-10-16-15;1-3-11(2)17-14-7-5-4-6-12(14)13-10-16-9-8-15(13)17;1-3-11(2)17-14-7-5-4-6-12(14)13-8-9-16-10-15(13)17/h2*4-15H,3H2,1-2H3;2*4-10,12H,3,11H2,1-2H3;4*4-11H,3H2,1-2H3. The molecule has 0 fully saturated rings. The molecule has 16 aromatic heterocycles. The summed E-state index contributed by atoms with van der Waals surface area (Å²) in [5.74, 6) is 2.57. The zero-order chi connectivity index (χ0) is 104. The van der Waals surface area contributed by atoms with E-state index in [4.69, 9.17) is 0 Å². The van der Waals surface area contributed by atoms with Gasteiger partial charge in [0.2, 0.25) is 0 Å². The largest absolute Gasteiger partial charge is 0.339 e. The van der Waals surface area contributed by atoms with Gasteiger partial charge in [-0.25, -0.2) is 9.97 Å². The molecule has 10 aromatic carbocycles. The van der Waals surface area contributed by atoms with E-state index >= 15 is 0 Å². The second-order valence-corrected chi connectivity index (χ2v) is 40.4. The Hall–Kier alpha value is -16.2. The second kappa shape index (κ2) is 46.9. The molecule has 0 N–H and O–H groups in total. The van der Waals surface area contributed by atoms with Gasteiger partial charge in [0.25, 0.3) is 0 Å². The van der Waals surface area contributed by atoms with Gasteiger partial charge < -0.3 is 32.0 Å². The van der Waals surface area contributed by atoms with Crippen LogP contribution in [0.5, 0.6) is 0 Å². The molecule has 0 aliphatic carbocycles. The van der Waals surface area contributed by atoms with Crippen molar-refractivity contribution in [2.75, 3.05) is 0 Å². The Morgan fingerprint density at radius 1 is 0.193 bits per heavy atom. The summed E-state index contributed by atoms with van der Waals surface area (Å²) in [6.45, 7) is 38.2. The molecule has 8 unspecified atom stereocenters. The van der Waals surface area contributed by atoms with Gasteiger partial charge in [0.1, 0.15) is 11.3 Å². The molecular formula is C134H140N16. The fourth-order valence-electron chi connectivity index (χ4n) is 21.5. The molecule has 0 spiro atoms. The van der Waals surface area contributed by atoms with Gasteiger partial charge in [0.15, 0.2) is 0 Å². The number of hydrogen-bond acceptors (Lipinski definition) is 8. The predicted octanol–water partition coefficient (Wildman–Crippen LogP) is 36.5. The highest BCUT2D eigenvalue weighted by molar-refractivity contribution is 6.13. The van der Waals surface area contributed by atoms with Gasteiger partial charge in [-0.05, 0) is 253 Å². The van der Waals surface area contributed by atoms with Crippen molar-refractivity contribution in [3.63, 3.8) is 0 Å². The Kier molecular flexibility index (Phi) is 32.0. The van der Waals surface area contributed by atoms with Gasteiger partial charge in [0.05, 0.1) is 95.1 Å². The molecule has 26 aromatic rings. The zero-order valence-corrected chi connectivity index (χ0v) is 89.8. The van der Waals surface area contributed by atoms with E-state index in [0.29, 0.717) is 47.8 Å². The Balaban J connectivity index is 0.000000108. The van der Waals surface area contributed by atoms with Gasteiger partial charge in [-0.2, -0.15) is 0 Å². The Morgan fingerprint density at radius 2 is 0.480 bits per heavy atom. The highest BCUT2D eigenvalue weighted by Crippen LogP contribution is 2.41. The summed E-state index contributed by atoms with van der Waals surface area (Å²) in [4.78, 5) is 35.6. The Labute approximate surface area is 880 Å². The molecule has 0 amide bonds. The molecule has 0 aliphatic rings. The summed E-state index contributed by atoms with van der Waals surface area (Å²) < 4.78 is 19.0. The fourth-order valence-corrected chi connectivity index (χ4v) is 21.5. The SMILES string of the molecule is CCC(C)Cn1c2ccccc2c2ncccc21.CCC(C)Cn1c2ccccc2c2ncccc21.CCC(C)c1ccc(-n2c3ccccc3c3cccnc32)cc1.CCC(C)c1ccc(-n2c3ccccc3c3ccncc32)cc1.CCC(C)n1c2ccccc2c2cccnc21.CCC(C)n1c2ccccc2c2ccncc21.CCC(C)n1c2ccccc2c2cnccc21.CCC(C)n1c2ccccc2c2ncccc21.